The van der Waals surface area contributed by atoms with Crippen LogP contribution in [0.3, 0.4) is 0 Å². The number of benzene rings is 1. The quantitative estimate of drug-likeness (QED) is 0.831. The van der Waals surface area contributed by atoms with Crippen LogP contribution in [-0.2, 0) is 6.42 Å². The van der Waals surface area contributed by atoms with Crippen molar-refractivity contribution < 1.29 is 9.53 Å². The van der Waals surface area contributed by atoms with Crippen molar-refractivity contribution in [1.82, 2.24) is 10.3 Å². The summed E-state index contributed by atoms with van der Waals surface area (Å²) in [6, 6.07) is 8.01. The van der Waals surface area contributed by atoms with Crippen molar-refractivity contribution in [1.29, 1.82) is 0 Å². The van der Waals surface area contributed by atoms with Gasteiger partial charge in [0.15, 0.2) is 0 Å². The van der Waals surface area contributed by atoms with Gasteiger partial charge in [0.05, 0.1) is 11.0 Å². The highest BCUT2D eigenvalue weighted by molar-refractivity contribution is 7.09. The molecular formula is C19H24ClN3O2S. The predicted molar refractivity (Wildman–Crippen MR) is 105 cm³/mol. The standard InChI is InChI=1S/C19H23N3O2S.ClH/c20-10-7-17-21-15(12-25-17)18(23)22-14-11-19(8-3-4-9-19)24-16-6-2-1-5-13(14)16;/h1-2,5-6,12,14H,3-4,7-11,20H2,(H,22,23);1H. The average molecular weight is 394 g/mol. The van der Waals surface area contributed by atoms with E-state index in [4.69, 9.17) is 10.5 Å². The molecule has 1 atom stereocenters. The number of thiazole rings is 1. The molecule has 5 nitrogen and oxygen atoms in total. The first-order chi connectivity index (χ1) is 12.2. The molecule has 1 aromatic carbocycles. The summed E-state index contributed by atoms with van der Waals surface area (Å²) in [6.07, 6.45) is 6.04. The van der Waals surface area contributed by atoms with Gasteiger partial charge >= 0.3 is 0 Å². The summed E-state index contributed by atoms with van der Waals surface area (Å²) >= 11 is 1.49. The number of para-hydroxylation sites is 1. The van der Waals surface area contributed by atoms with E-state index in [1.165, 1.54) is 24.2 Å². The van der Waals surface area contributed by atoms with Crippen molar-refractivity contribution in [3.63, 3.8) is 0 Å². The van der Waals surface area contributed by atoms with Crippen LogP contribution in [0.25, 0.3) is 0 Å². The van der Waals surface area contributed by atoms with Crippen molar-refractivity contribution in [2.45, 2.75) is 50.2 Å². The SMILES string of the molecule is Cl.NCCc1nc(C(=O)NC2CC3(CCCC3)Oc3ccccc32)cs1. The summed E-state index contributed by atoms with van der Waals surface area (Å²) in [6.45, 7) is 0.546. The molecule has 1 aromatic heterocycles. The van der Waals surface area contributed by atoms with Gasteiger partial charge in [-0.25, -0.2) is 4.98 Å². The fourth-order valence-corrected chi connectivity index (χ4v) is 4.75. The molecule has 0 bridgehead atoms. The number of nitrogens with two attached hydrogens (primary N) is 1. The number of carbonyl (C=O) groups is 1. The first kappa shape index (κ1) is 19.1. The average Bonchev–Trinajstić information content (AvgIpc) is 3.25. The Morgan fingerprint density at radius 3 is 2.88 bits per heavy atom. The van der Waals surface area contributed by atoms with Crippen molar-refractivity contribution in [3.8, 4) is 5.75 Å². The molecule has 26 heavy (non-hydrogen) atoms. The number of ether oxygens (including phenoxy) is 1. The molecule has 1 saturated carbocycles. The fourth-order valence-electron chi connectivity index (χ4n) is 3.96. The van der Waals surface area contributed by atoms with Gasteiger partial charge in [0, 0.05) is 23.8 Å². The second-order valence-corrected chi connectivity index (χ2v) is 7.87. The van der Waals surface area contributed by atoms with Crippen LogP contribution >= 0.6 is 23.7 Å². The number of aromatic nitrogens is 1. The largest absolute Gasteiger partial charge is 0.487 e. The van der Waals surface area contributed by atoms with Crippen LogP contribution < -0.4 is 15.8 Å². The lowest BCUT2D eigenvalue weighted by molar-refractivity contribution is 0.0360. The summed E-state index contributed by atoms with van der Waals surface area (Å²) in [4.78, 5) is 17.1. The zero-order chi connectivity index (χ0) is 17.3. The van der Waals surface area contributed by atoms with Crippen LogP contribution in [0.4, 0.5) is 0 Å². The van der Waals surface area contributed by atoms with Crippen LogP contribution in [-0.4, -0.2) is 23.0 Å². The van der Waals surface area contributed by atoms with Gasteiger partial charge in [0.25, 0.3) is 5.91 Å². The third-order valence-electron chi connectivity index (χ3n) is 5.16. The molecule has 0 saturated heterocycles. The van der Waals surface area contributed by atoms with E-state index in [0.717, 1.165) is 35.6 Å². The minimum Gasteiger partial charge on any atom is -0.487 e. The third-order valence-corrected chi connectivity index (χ3v) is 6.07. The van der Waals surface area contributed by atoms with Gasteiger partial charge in [-0.2, -0.15) is 0 Å². The smallest absolute Gasteiger partial charge is 0.271 e. The molecule has 1 amide bonds. The highest BCUT2D eigenvalue weighted by atomic mass is 35.5. The van der Waals surface area contributed by atoms with Crippen molar-refractivity contribution in [2.75, 3.05) is 6.54 Å². The Bertz CT molecular complexity index is 774. The van der Waals surface area contributed by atoms with Crippen LogP contribution in [0.5, 0.6) is 5.75 Å². The fraction of sp³-hybridized carbons (Fsp3) is 0.474. The molecule has 1 fully saturated rings. The topological polar surface area (TPSA) is 77.2 Å². The number of carbonyl (C=O) groups excluding carboxylic acids is 1. The zero-order valence-corrected chi connectivity index (χ0v) is 16.2. The zero-order valence-electron chi connectivity index (χ0n) is 14.6. The number of amides is 1. The lowest BCUT2D eigenvalue weighted by Crippen LogP contribution is -2.43. The van der Waals surface area contributed by atoms with Crippen LogP contribution in [0.1, 0.15) is 59.2 Å². The van der Waals surface area contributed by atoms with E-state index < -0.39 is 0 Å². The first-order valence-corrected chi connectivity index (χ1v) is 9.80. The number of halogens is 1. The number of hydrogen-bond donors (Lipinski definition) is 2. The van der Waals surface area contributed by atoms with Gasteiger partial charge in [-0.1, -0.05) is 18.2 Å². The number of rotatable bonds is 4. The minimum atomic E-state index is -0.126. The van der Waals surface area contributed by atoms with Crippen molar-refractivity contribution in [2.24, 2.45) is 5.73 Å². The van der Waals surface area contributed by atoms with E-state index in [1.54, 1.807) is 0 Å². The van der Waals surface area contributed by atoms with Crippen LogP contribution in [0.15, 0.2) is 29.6 Å². The summed E-state index contributed by atoms with van der Waals surface area (Å²) in [5.41, 5.74) is 6.99. The molecule has 140 valence electrons. The number of hydrogen-bond acceptors (Lipinski definition) is 5. The molecule has 1 aliphatic heterocycles. The second kappa shape index (κ2) is 7.94. The van der Waals surface area contributed by atoms with E-state index in [-0.39, 0.29) is 30.0 Å². The molecule has 1 unspecified atom stereocenters. The summed E-state index contributed by atoms with van der Waals surface area (Å²) in [5.74, 6) is 0.789. The third kappa shape index (κ3) is 3.72. The Hall–Kier alpha value is -1.63. The van der Waals surface area contributed by atoms with E-state index in [1.807, 2.05) is 29.6 Å². The maximum absolute atomic E-state index is 12.7. The van der Waals surface area contributed by atoms with Crippen molar-refractivity contribution >= 4 is 29.7 Å². The molecule has 1 aliphatic carbocycles. The summed E-state index contributed by atoms with van der Waals surface area (Å²) < 4.78 is 6.36. The molecule has 0 radical (unpaired) electrons. The summed E-state index contributed by atoms with van der Waals surface area (Å²) in [7, 11) is 0. The Kier molecular flexibility index (Phi) is 5.85. The molecule has 4 rings (SSSR count). The van der Waals surface area contributed by atoms with Gasteiger partial charge in [0.2, 0.25) is 0 Å². The molecule has 2 aliphatic rings. The van der Waals surface area contributed by atoms with Gasteiger partial charge in [-0.05, 0) is 38.3 Å². The van der Waals surface area contributed by atoms with Crippen molar-refractivity contribution in [3.05, 3.63) is 45.9 Å². The predicted octanol–water partition coefficient (Wildman–Crippen LogP) is 3.63. The Morgan fingerprint density at radius 1 is 1.35 bits per heavy atom. The lowest BCUT2D eigenvalue weighted by Gasteiger charge is -2.40. The molecular weight excluding hydrogens is 370 g/mol. The Labute approximate surface area is 163 Å². The first-order valence-electron chi connectivity index (χ1n) is 8.92. The van der Waals surface area contributed by atoms with Crippen LogP contribution in [0, 0.1) is 0 Å². The Morgan fingerprint density at radius 2 is 2.12 bits per heavy atom. The molecule has 1 spiro atoms. The minimum absolute atomic E-state index is 0. The summed E-state index contributed by atoms with van der Waals surface area (Å²) in [5, 5.41) is 5.92. The maximum Gasteiger partial charge on any atom is 0.271 e. The second-order valence-electron chi connectivity index (χ2n) is 6.93. The number of fused-ring (bicyclic) bond motifs is 1. The van der Waals surface area contributed by atoms with E-state index in [2.05, 4.69) is 10.3 Å². The number of nitrogens with zero attached hydrogens (tertiary/aromatic N) is 1. The normalized spacial score (nSPS) is 20.1. The highest BCUT2D eigenvalue weighted by Gasteiger charge is 2.43. The highest BCUT2D eigenvalue weighted by Crippen LogP contribution is 2.47. The maximum atomic E-state index is 12.7. The van der Waals surface area contributed by atoms with Gasteiger partial charge in [-0.3, -0.25) is 4.79 Å². The molecule has 2 aromatic rings. The molecule has 7 heteroatoms. The Balaban J connectivity index is 0.00000196. The van der Waals surface area contributed by atoms with E-state index >= 15 is 0 Å². The monoisotopic (exact) mass is 393 g/mol. The lowest BCUT2D eigenvalue weighted by atomic mass is 9.86. The van der Waals surface area contributed by atoms with Gasteiger partial charge in [0.1, 0.15) is 17.0 Å². The molecule has 3 N–H and O–H groups in total. The van der Waals surface area contributed by atoms with E-state index in [9.17, 15) is 4.79 Å². The van der Waals surface area contributed by atoms with Gasteiger partial charge < -0.3 is 15.8 Å². The number of nitrogens with one attached hydrogen (secondary N) is 1. The molecule has 2 heterocycles. The van der Waals surface area contributed by atoms with Crippen LogP contribution in [0.2, 0.25) is 0 Å². The van der Waals surface area contributed by atoms with Gasteiger partial charge in [-0.15, -0.1) is 23.7 Å². The van der Waals surface area contributed by atoms with E-state index in [0.29, 0.717) is 18.7 Å².